The second kappa shape index (κ2) is 4.85. The average molecular weight is 142 g/mol. The summed E-state index contributed by atoms with van der Waals surface area (Å²) in [5, 5.41) is 2.42. The summed E-state index contributed by atoms with van der Waals surface area (Å²) in [7, 11) is 0. The zero-order valence-electron chi connectivity index (χ0n) is 6.31. The molecule has 0 saturated heterocycles. The minimum absolute atomic E-state index is 0.0469. The predicted molar refractivity (Wildman–Crippen MR) is 41.0 cm³/mol. The van der Waals surface area contributed by atoms with Gasteiger partial charge in [0, 0.05) is 6.42 Å². The quantitative estimate of drug-likeness (QED) is 0.607. The van der Waals surface area contributed by atoms with Gasteiger partial charge in [0.15, 0.2) is 0 Å². The van der Waals surface area contributed by atoms with Crippen molar-refractivity contribution in [2.45, 2.75) is 26.2 Å². The van der Waals surface area contributed by atoms with Crippen LogP contribution in [-0.4, -0.2) is 5.91 Å². The molecule has 1 amide bonds. The summed E-state index contributed by atoms with van der Waals surface area (Å²) in [5.41, 5.74) is 5.14. The van der Waals surface area contributed by atoms with Gasteiger partial charge < -0.3 is 11.1 Å². The molecule has 0 bridgehead atoms. The first-order valence-corrected chi connectivity index (χ1v) is 3.41. The van der Waals surface area contributed by atoms with Gasteiger partial charge in [-0.1, -0.05) is 19.9 Å². The molecule has 0 aromatic heterocycles. The topological polar surface area (TPSA) is 55.1 Å². The zero-order chi connectivity index (χ0) is 7.98. The Labute approximate surface area is 61.3 Å². The minimum Gasteiger partial charge on any atom is -0.386 e. The van der Waals surface area contributed by atoms with Crippen molar-refractivity contribution < 1.29 is 4.79 Å². The first kappa shape index (κ1) is 9.01. The lowest BCUT2D eigenvalue weighted by Crippen LogP contribution is -2.25. The molecule has 0 aliphatic heterocycles. The van der Waals surface area contributed by atoms with Crippen LogP contribution < -0.4 is 11.1 Å². The van der Waals surface area contributed by atoms with E-state index in [9.17, 15) is 4.79 Å². The second-order valence-electron chi connectivity index (χ2n) is 2.18. The lowest BCUT2D eigenvalue weighted by molar-refractivity contribution is -0.120. The van der Waals surface area contributed by atoms with Gasteiger partial charge in [0.2, 0.25) is 5.91 Å². The maximum atomic E-state index is 10.8. The largest absolute Gasteiger partial charge is 0.386 e. The highest BCUT2D eigenvalue weighted by Gasteiger charge is 1.97. The molecule has 0 rings (SSSR count). The van der Waals surface area contributed by atoms with Crippen LogP contribution in [0.4, 0.5) is 0 Å². The van der Waals surface area contributed by atoms with Crippen LogP contribution in [0.2, 0.25) is 0 Å². The fourth-order valence-electron chi connectivity index (χ4n) is 0.579. The Morgan fingerprint density at radius 1 is 1.70 bits per heavy atom. The maximum absolute atomic E-state index is 10.8. The molecular formula is C7H14N2O. The third-order valence-corrected chi connectivity index (χ3v) is 1.06. The van der Waals surface area contributed by atoms with E-state index in [-0.39, 0.29) is 11.7 Å². The molecule has 0 heterocycles. The number of rotatable bonds is 4. The van der Waals surface area contributed by atoms with Crippen molar-refractivity contribution in [1.29, 1.82) is 0 Å². The number of carbonyl (C=O) groups excluding carboxylic acids is 1. The standard InChI is InChI=1S/C7H14N2O/c1-3-4-5-7(10)9-6(2)8/h2-5,8H2,1H3,(H,9,10). The molecule has 0 aromatic rings. The third kappa shape index (κ3) is 5.15. The molecule has 3 nitrogen and oxygen atoms in total. The number of hydrogen-bond donors (Lipinski definition) is 2. The van der Waals surface area contributed by atoms with Gasteiger partial charge in [-0.15, -0.1) is 0 Å². The Balaban J connectivity index is 3.35. The van der Waals surface area contributed by atoms with Crippen molar-refractivity contribution in [3.8, 4) is 0 Å². The van der Waals surface area contributed by atoms with E-state index in [4.69, 9.17) is 5.73 Å². The predicted octanol–water partition coefficient (Wildman–Crippen LogP) is 0.723. The van der Waals surface area contributed by atoms with Crippen LogP contribution in [0, 0.1) is 0 Å². The van der Waals surface area contributed by atoms with Gasteiger partial charge >= 0.3 is 0 Å². The SMILES string of the molecule is C=C(N)NC(=O)CCCC. The van der Waals surface area contributed by atoms with Crippen LogP contribution in [0.3, 0.4) is 0 Å². The molecule has 3 N–H and O–H groups in total. The molecule has 0 atom stereocenters. The van der Waals surface area contributed by atoms with E-state index >= 15 is 0 Å². The van der Waals surface area contributed by atoms with E-state index in [0.29, 0.717) is 6.42 Å². The van der Waals surface area contributed by atoms with Gasteiger partial charge in [0.05, 0.1) is 5.82 Å². The van der Waals surface area contributed by atoms with Crippen LogP contribution in [-0.2, 0) is 4.79 Å². The summed E-state index contributed by atoms with van der Waals surface area (Å²) in [5.74, 6) is 0.176. The molecule has 3 heteroatoms. The zero-order valence-corrected chi connectivity index (χ0v) is 6.31. The monoisotopic (exact) mass is 142 g/mol. The summed E-state index contributed by atoms with van der Waals surface area (Å²) in [6.07, 6.45) is 2.45. The lowest BCUT2D eigenvalue weighted by Gasteiger charge is -2.01. The number of nitrogens with two attached hydrogens (primary N) is 1. The highest BCUT2D eigenvalue weighted by Crippen LogP contribution is 1.92. The van der Waals surface area contributed by atoms with Crippen LogP contribution >= 0.6 is 0 Å². The maximum Gasteiger partial charge on any atom is 0.225 e. The molecule has 0 saturated carbocycles. The van der Waals surface area contributed by atoms with Gasteiger partial charge in [-0.25, -0.2) is 0 Å². The minimum atomic E-state index is -0.0469. The summed E-state index contributed by atoms with van der Waals surface area (Å²) in [4.78, 5) is 10.8. The van der Waals surface area contributed by atoms with Gasteiger partial charge in [0.1, 0.15) is 0 Å². The van der Waals surface area contributed by atoms with Gasteiger partial charge in [-0.05, 0) is 6.42 Å². The van der Waals surface area contributed by atoms with E-state index < -0.39 is 0 Å². The molecule has 0 aliphatic carbocycles. The van der Waals surface area contributed by atoms with Gasteiger partial charge in [-0.3, -0.25) is 4.79 Å². The summed E-state index contributed by atoms with van der Waals surface area (Å²) in [6, 6.07) is 0. The van der Waals surface area contributed by atoms with Crippen molar-refractivity contribution in [2.24, 2.45) is 5.73 Å². The van der Waals surface area contributed by atoms with Gasteiger partial charge in [-0.2, -0.15) is 0 Å². The number of amides is 1. The van der Waals surface area contributed by atoms with E-state index in [1.54, 1.807) is 0 Å². The highest BCUT2D eigenvalue weighted by atomic mass is 16.1. The Hall–Kier alpha value is -0.990. The number of carbonyl (C=O) groups is 1. The first-order valence-electron chi connectivity index (χ1n) is 3.41. The van der Waals surface area contributed by atoms with Crippen molar-refractivity contribution in [2.75, 3.05) is 0 Å². The number of hydrogen-bond acceptors (Lipinski definition) is 2. The van der Waals surface area contributed by atoms with Crippen molar-refractivity contribution in [1.82, 2.24) is 5.32 Å². The third-order valence-electron chi connectivity index (χ3n) is 1.06. The lowest BCUT2D eigenvalue weighted by atomic mass is 10.2. The Bertz CT molecular complexity index is 132. The molecule has 58 valence electrons. The van der Waals surface area contributed by atoms with Crippen molar-refractivity contribution in [3.05, 3.63) is 12.4 Å². The van der Waals surface area contributed by atoms with Crippen LogP contribution in [0.25, 0.3) is 0 Å². The van der Waals surface area contributed by atoms with Crippen LogP contribution in [0.5, 0.6) is 0 Å². The molecule has 0 spiro atoms. The van der Waals surface area contributed by atoms with E-state index in [1.807, 2.05) is 6.92 Å². The highest BCUT2D eigenvalue weighted by molar-refractivity contribution is 5.77. The molecule has 0 aliphatic rings. The van der Waals surface area contributed by atoms with E-state index in [0.717, 1.165) is 12.8 Å². The number of nitrogens with one attached hydrogen (secondary N) is 1. The Kier molecular flexibility index (Phi) is 4.37. The normalized spacial score (nSPS) is 8.90. The van der Waals surface area contributed by atoms with Crippen molar-refractivity contribution >= 4 is 5.91 Å². The van der Waals surface area contributed by atoms with E-state index in [1.165, 1.54) is 0 Å². The molecule has 0 radical (unpaired) electrons. The van der Waals surface area contributed by atoms with Crippen LogP contribution in [0.15, 0.2) is 12.4 Å². The average Bonchev–Trinajstić information content (AvgIpc) is 1.82. The molecule has 0 fully saturated rings. The van der Waals surface area contributed by atoms with Crippen LogP contribution in [0.1, 0.15) is 26.2 Å². The first-order chi connectivity index (χ1) is 4.66. The number of unbranched alkanes of at least 4 members (excludes halogenated alkanes) is 1. The van der Waals surface area contributed by atoms with Crippen molar-refractivity contribution in [3.63, 3.8) is 0 Å². The molecule has 0 aromatic carbocycles. The molecular weight excluding hydrogens is 128 g/mol. The molecule has 10 heavy (non-hydrogen) atoms. The molecule has 0 unspecified atom stereocenters. The summed E-state index contributed by atoms with van der Waals surface area (Å²) >= 11 is 0. The fraction of sp³-hybridized carbons (Fsp3) is 0.571. The summed E-state index contributed by atoms with van der Waals surface area (Å²) < 4.78 is 0. The van der Waals surface area contributed by atoms with Gasteiger partial charge in [0.25, 0.3) is 0 Å². The smallest absolute Gasteiger partial charge is 0.225 e. The second-order valence-corrected chi connectivity index (χ2v) is 2.18. The Morgan fingerprint density at radius 3 is 2.70 bits per heavy atom. The van der Waals surface area contributed by atoms with E-state index in [2.05, 4.69) is 11.9 Å². The Morgan fingerprint density at radius 2 is 2.30 bits per heavy atom. The fourth-order valence-corrected chi connectivity index (χ4v) is 0.579. The summed E-state index contributed by atoms with van der Waals surface area (Å²) in [6.45, 7) is 5.38.